The Bertz CT molecular complexity index is 405. The topological polar surface area (TPSA) is 12.4 Å². The summed E-state index contributed by atoms with van der Waals surface area (Å²) in [6.07, 6.45) is -2.13. The average Bonchev–Trinajstić information content (AvgIpc) is 2.47. The molecule has 1 aromatic carbocycles. The van der Waals surface area contributed by atoms with E-state index in [2.05, 4.69) is 4.99 Å². The third-order valence-electron chi connectivity index (χ3n) is 2.27. The van der Waals surface area contributed by atoms with Crippen LogP contribution in [0.25, 0.3) is 0 Å². The lowest BCUT2D eigenvalue weighted by atomic mass is 10.0. The molecule has 0 spiro atoms. The zero-order valence-electron chi connectivity index (χ0n) is 7.52. The van der Waals surface area contributed by atoms with Gasteiger partial charge in [0.05, 0.1) is 11.3 Å². The van der Waals surface area contributed by atoms with Crippen molar-refractivity contribution in [3.8, 4) is 0 Å². The normalized spacial score (nSPS) is 14.6. The van der Waals surface area contributed by atoms with Gasteiger partial charge in [-0.2, -0.15) is 13.2 Å². The summed E-state index contributed by atoms with van der Waals surface area (Å²) in [5, 5.41) is 0. The van der Waals surface area contributed by atoms with Crippen LogP contribution in [-0.2, 0) is 12.6 Å². The van der Waals surface area contributed by atoms with E-state index < -0.39 is 11.7 Å². The highest BCUT2D eigenvalue weighted by Crippen LogP contribution is 2.36. The maximum Gasteiger partial charge on any atom is 0.416 e. The first kappa shape index (κ1) is 9.24. The zero-order valence-corrected chi connectivity index (χ0v) is 7.52. The molecule has 0 unspecified atom stereocenters. The summed E-state index contributed by atoms with van der Waals surface area (Å²) in [5.41, 5.74) is 0.996. The van der Waals surface area contributed by atoms with Gasteiger partial charge in [0.1, 0.15) is 0 Å². The first-order valence-electron chi connectivity index (χ1n) is 4.22. The molecule has 0 aliphatic carbocycles. The van der Waals surface area contributed by atoms with Gasteiger partial charge in [-0.05, 0) is 30.2 Å². The van der Waals surface area contributed by atoms with Crippen molar-refractivity contribution < 1.29 is 13.2 Å². The van der Waals surface area contributed by atoms with E-state index in [1.54, 1.807) is 6.21 Å². The predicted octanol–water partition coefficient (Wildman–Crippen LogP) is 3.27. The monoisotopic (exact) mass is 199 g/mol. The highest BCUT2D eigenvalue weighted by atomic mass is 19.4. The first-order valence-corrected chi connectivity index (χ1v) is 4.22. The molecule has 0 saturated heterocycles. The second-order valence-electron chi connectivity index (χ2n) is 3.31. The third kappa shape index (κ3) is 1.41. The lowest BCUT2D eigenvalue weighted by molar-refractivity contribution is -0.138. The van der Waals surface area contributed by atoms with Gasteiger partial charge < -0.3 is 0 Å². The second-order valence-corrected chi connectivity index (χ2v) is 3.31. The number of halogens is 3. The lowest BCUT2D eigenvalue weighted by Crippen LogP contribution is -2.07. The van der Waals surface area contributed by atoms with E-state index in [4.69, 9.17) is 0 Å². The highest BCUT2D eigenvalue weighted by molar-refractivity contribution is 5.76. The predicted molar refractivity (Wildman–Crippen MR) is 48.0 cm³/mol. The summed E-state index contributed by atoms with van der Waals surface area (Å²) in [5.74, 6) is 0. The largest absolute Gasteiger partial charge is 0.416 e. The van der Waals surface area contributed by atoms with Crippen molar-refractivity contribution in [2.24, 2.45) is 4.99 Å². The van der Waals surface area contributed by atoms with E-state index in [-0.39, 0.29) is 5.56 Å². The summed E-state index contributed by atoms with van der Waals surface area (Å²) < 4.78 is 37.4. The Hall–Kier alpha value is -1.32. The van der Waals surface area contributed by atoms with Gasteiger partial charge in [0.25, 0.3) is 0 Å². The molecule has 1 aromatic rings. The number of aryl methyl sites for hydroxylation is 1. The standard InChI is InChI=1S/C10H8F3N/c1-6-4-9-7(2-3-14-9)5-8(6)10(11,12)13/h3-5H,2H2,1H3. The number of hydrogen-bond acceptors (Lipinski definition) is 1. The minimum absolute atomic E-state index is 0.232. The van der Waals surface area contributed by atoms with E-state index >= 15 is 0 Å². The van der Waals surface area contributed by atoms with Crippen LogP contribution in [0.1, 0.15) is 16.7 Å². The Kier molecular flexibility index (Phi) is 1.87. The molecule has 0 aromatic heterocycles. The lowest BCUT2D eigenvalue weighted by Gasteiger charge is -2.11. The minimum atomic E-state index is -4.26. The van der Waals surface area contributed by atoms with Crippen LogP contribution < -0.4 is 0 Å². The van der Waals surface area contributed by atoms with Crippen molar-refractivity contribution in [3.63, 3.8) is 0 Å². The van der Waals surface area contributed by atoms with Crippen LogP contribution in [0, 0.1) is 6.92 Å². The smallest absolute Gasteiger partial charge is 0.261 e. The van der Waals surface area contributed by atoms with Gasteiger partial charge in [-0.15, -0.1) is 0 Å². The van der Waals surface area contributed by atoms with Crippen molar-refractivity contribution in [1.82, 2.24) is 0 Å². The molecule has 0 saturated carbocycles. The molecule has 1 nitrogen and oxygen atoms in total. The number of aliphatic imine (C=N–C) groups is 1. The van der Waals surface area contributed by atoms with Gasteiger partial charge in [0, 0.05) is 12.6 Å². The molecule has 2 rings (SSSR count). The van der Waals surface area contributed by atoms with Gasteiger partial charge >= 0.3 is 6.18 Å². The number of rotatable bonds is 0. The average molecular weight is 199 g/mol. The minimum Gasteiger partial charge on any atom is -0.261 e. The van der Waals surface area contributed by atoms with Gasteiger partial charge in [0.15, 0.2) is 0 Å². The van der Waals surface area contributed by atoms with Crippen molar-refractivity contribution in [2.75, 3.05) is 0 Å². The van der Waals surface area contributed by atoms with Gasteiger partial charge in [-0.1, -0.05) is 0 Å². The molecule has 0 N–H and O–H groups in total. The van der Waals surface area contributed by atoms with Crippen LogP contribution in [0.3, 0.4) is 0 Å². The number of hydrogen-bond donors (Lipinski definition) is 0. The molecular weight excluding hydrogens is 191 g/mol. The Morgan fingerprint density at radius 2 is 2.00 bits per heavy atom. The molecule has 4 heteroatoms. The molecular formula is C10H8F3N. The van der Waals surface area contributed by atoms with E-state index in [0.717, 1.165) is 0 Å². The van der Waals surface area contributed by atoms with E-state index in [9.17, 15) is 13.2 Å². The molecule has 0 fully saturated rings. The molecule has 0 atom stereocenters. The quantitative estimate of drug-likeness (QED) is 0.608. The van der Waals surface area contributed by atoms with Crippen LogP contribution in [0.4, 0.5) is 18.9 Å². The molecule has 0 bridgehead atoms. The summed E-state index contributed by atoms with van der Waals surface area (Å²) in [7, 11) is 0. The Balaban J connectivity index is 2.56. The van der Waals surface area contributed by atoms with Crippen molar-refractivity contribution in [1.29, 1.82) is 0 Å². The zero-order chi connectivity index (χ0) is 10.3. The van der Waals surface area contributed by atoms with Gasteiger partial charge in [-0.25, -0.2) is 0 Å². The van der Waals surface area contributed by atoms with Crippen molar-refractivity contribution in [2.45, 2.75) is 19.5 Å². The molecule has 0 amide bonds. The Morgan fingerprint density at radius 3 is 2.64 bits per heavy atom. The van der Waals surface area contributed by atoms with Crippen LogP contribution in [0.15, 0.2) is 17.1 Å². The van der Waals surface area contributed by atoms with E-state index in [1.165, 1.54) is 19.1 Å². The van der Waals surface area contributed by atoms with Crippen molar-refractivity contribution >= 4 is 11.9 Å². The number of benzene rings is 1. The summed E-state index contributed by atoms with van der Waals surface area (Å²) in [6.45, 7) is 1.46. The summed E-state index contributed by atoms with van der Waals surface area (Å²) in [6, 6.07) is 2.68. The summed E-state index contributed by atoms with van der Waals surface area (Å²) >= 11 is 0. The summed E-state index contributed by atoms with van der Waals surface area (Å²) in [4.78, 5) is 3.99. The number of nitrogens with zero attached hydrogens (tertiary/aromatic N) is 1. The van der Waals surface area contributed by atoms with Gasteiger partial charge in [0.2, 0.25) is 0 Å². The second kappa shape index (κ2) is 2.83. The molecule has 0 radical (unpaired) electrons. The molecule has 1 aliphatic rings. The Labute approximate surface area is 79.3 Å². The molecule has 14 heavy (non-hydrogen) atoms. The molecule has 1 aliphatic heterocycles. The fraction of sp³-hybridized carbons (Fsp3) is 0.300. The van der Waals surface area contributed by atoms with Crippen LogP contribution >= 0.6 is 0 Å². The third-order valence-corrected chi connectivity index (χ3v) is 2.27. The van der Waals surface area contributed by atoms with E-state index in [0.29, 0.717) is 17.7 Å². The van der Waals surface area contributed by atoms with Crippen LogP contribution in [0.5, 0.6) is 0 Å². The van der Waals surface area contributed by atoms with Crippen LogP contribution in [-0.4, -0.2) is 6.21 Å². The molecule has 74 valence electrons. The maximum absolute atomic E-state index is 12.5. The Morgan fingerprint density at radius 1 is 1.29 bits per heavy atom. The molecule has 1 heterocycles. The van der Waals surface area contributed by atoms with Crippen LogP contribution in [0.2, 0.25) is 0 Å². The number of alkyl halides is 3. The van der Waals surface area contributed by atoms with E-state index in [1.807, 2.05) is 0 Å². The van der Waals surface area contributed by atoms with Crippen molar-refractivity contribution in [3.05, 3.63) is 28.8 Å². The highest BCUT2D eigenvalue weighted by Gasteiger charge is 2.33. The SMILES string of the molecule is Cc1cc2c(cc1C(F)(F)F)CC=N2. The fourth-order valence-electron chi connectivity index (χ4n) is 1.57. The maximum atomic E-state index is 12.5. The first-order chi connectivity index (χ1) is 6.48. The number of fused-ring (bicyclic) bond motifs is 1. The fourth-order valence-corrected chi connectivity index (χ4v) is 1.57. The van der Waals surface area contributed by atoms with Gasteiger partial charge in [-0.3, -0.25) is 4.99 Å².